The van der Waals surface area contributed by atoms with Gasteiger partial charge >= 0.3 is 12.0 Å². The van der Waals surface area contributed by atoms with Gasteiger partial charge in [0.25, 0.3) is 0 Å². The normalized spacial score (nSPS) is 19.8. The number of urea groups is 1. The molecule has 0 aromatic heterocycles. The molecule has 0 saturated heterocycles. The lowest BCUT2D eigenvalue weighted by molar-refractivity contribution is -0.121. The van der Waals surface area contributed by atoms with E-state index in [1.165, 1.54) is 44.8 Å². The molecule has 1 aliphatic heterocycles. The lowest BCUT2D eigenvalue weighted by Gasteiger charge is -2.34. The Morgan fingerprint density at radius 2 is 1.82 bits per heavy atom. The molecule has 208 valence electrons. The minimum atomic E-state index is -0.360. The minimum Gasteiger partial charge on any atom is -0.465 e. The molecule has 0 radical (unpaired) electrons. The third-order valence-electron chi connectivity index (χ3n) is 8.94. The van der Waals surface area contributed by atoms with Crippen molar-refractivity contribution in [2.45, 2.75) is 90.6 Å². The molecule has 1 atom stereocenters. The van der Waals surface area contributed by atoms with Gasteiger partial charge in [-0.3, -0.25) is 4.79 Å². The Morgan fingerprint density at radius 3 is 2.54 bits per heavy atom. The van der Waals surface area contributed by atoms with Crippen molar-refractivity contribution in [3.05, 3.63) is 58.7 Å². The Bertz CT molecular complexity index is 1270. The number of benzene rings is 2. The van der Waals surface area contributed by atoms with Gasteiger partial charge in [-0.2, -0.15) is 0 Å². The highest BCUT2D eigenvalue weighted by Crippen LogP contribution is 2.62. The second-order valence-corrected chi connectivity index (χ2v) is 12.8. The summed E-state index contributed by atoms with van der Waals surface area (Å²) in [6.07, 6.45) is 9.34. The van der Waals surface area contributed by atoms with Gasteiger partial charge in [0.1, 0.15) is 5.78 Å². The molecule has 1 unspecified atom stereocenters. The van der Waals surface area contributed by atoms with Crippen molar-refractivity contribution in [3.63, 3.8) is 0 Å². The van der Waals surface area contributed by atoms with Crippen LogP contribution >= 0.6 is 0 Å². The van der Waals surface area contributed by atoms with E-state index in [4.69, 9.17) is 4.74 Å². The van der Waals surface area contributed by atoms with Gasteiger partial charge in [-0.05, 0) is 98.2 Å². The van der Waals surface area contributed by atoms with Crippen LogP contribution in [0.25, 0.3) is 11.1 Å². The van der Waals surface area contributed by atoms with E-state index in [-0.39, 0.29) is 23.5 Å². The highest BCUT2D eigenvalue weighted by molar-refractivity contribution is 5.91. The fraction of sp³-hybridized carbons (Fsp3) is 0.545. The Kier molecular flexibility index (Phi) is 7.58. The first-order valence-electron chi connectivity index (χ1n) is 14.5. The van der Waals surface area contributed by atoms with Gasteiger partial charge < -0.3 is 15.0 Å². The second kappa shape index (κ2) is 10.8. The van der Waals surface area contributed by atoms with E-state index in [2.05, 4.69) is 17.4 Å². The molecule has 6 nitrogen and oxygen atoms in total. The highest BCUT2D eigenvalue weighted by Gasteiger charge is 2.56. The van der Waals surface area contributed by atoms with E-state index in [1.807, 2.05) is 43.9 Å². The molecule has 5 rings (SSSR count). The van der Waals surface area contributed by atoms with Gasteiger partial charge in [-0.15, -0.1) is 0 Å². The van der Waals surface area contributed by atoms with Crippen molar-refractivity contribution < 1.29 is 19.1 Å². The van der Waals surface area contributed by atoms with Crippen molar-refractivity contribution in [2.24, 2.45) is 11.3 Å². The topological polar surface area (TPSA) is 75.7 Å². The first kappa shape index (κ1) is 27.4. The average molecular weight is 531 g/mol. The first-order chi connectivity index (χ1) is 18.6. The molecule has 2 aromatic carbocycles. The smallest absolute Gasteiger partial charge is 0.337 e. The van der Waals surface area contributed by atoms with Crippen LogP contribution < -0.4 is 5.32 Å². The Morgan fingerprint density at radius 1 is 1.05 bits per heavy atom. The summed E-state index contributed by atoms with van der Waals surface area (Å²) in [7, 11) is 1.39. The molecule has 0 bridgehead atoms. The van der Waals surface area contributed by atoms with Crippen LogP contribution in [0.1, 0.15) is 92.8 Å². The molecular formula is C33H42N2O4. The highest BCUT2D eigenvalue weighted by atomic mass is 16.5. The summed E-state index contributed by atoms with van der Waals surface area (Å²) in [6, 6.07) is 11.7. The van der Waals surface area contributed by atoms with Crippen LogP contribution in [0, 0.1) is 11.3 Å². The van der Waals surface area contributed by atoms with Gasteiger partial charge in [0.15, 0.2) is 0 Å². The zero-order valence-corrected chi connectivity index (χ0v) is 23.9. The molecular weight excluding hydrogens is 488 g/mol. The number of esters is 1. The second-order valence-electron chi connectivity index (χ2n) is 12.8. The van der Waals surface area contributed by atoms with Crippen molar-refractivity contribution in [1.82, 2.24) is 10.2 Å². The number of carbonyl (C=O) groups is 3. The molecule has 2 aliphatic carbocycles. The van der Waals surface area contributed by atoms with Crippen molar-refractivity contribution >= 4 is 17.8 Å². The third kappa shape index (κ3) is 5.90. The summed E-state index contributed by atoms with van der Waals surface area (Å²) >= 11 is 0. The Labute approximate surface area is 232 Å². The van der Waals surface area contributed by atoms with E-state index in [0.717, 1.165) is 35.1 Å². The number of amides is 2. The predicted octanol–water partition coefficient (Wildman–Crippen LogP) is 6.48. The van der Waals surface area contributed by atoms with E-state index in [0.29, 0.717) is 42.7 Å². The average Bonchev–Trinajstić information content (AvgIpc) is 3.62. The third-order valence-corrected chi connectivity index (χ3v) is 8.94. The van der Waals surface area contributed by atoms with Crippen molar-refractivity contribution in [3.8, 4) is 11.1 Å². The standard InChI is InChI=1S/C33H42N2O4/c1-32(2,3)34-31(38)35-18-15-26-25(23-9-8-10-24(19-23)30(37)39-4)13-11-22(27(26)21-35)12-14-29(36)28-20-33(28)16-6-5-7-17-33/h8-11,13,19,28H,5-7,12,14-18,20-21H2,1-4H3,(H,34,38). The molecule has 2 saturated carbocycles. The number of fused-ring (bicyclic) bond motifs is 1. The summed E-state index contributed by atoms with van der Waals surface area (Å²) in [4.78, 5) is 40.4. The van der Waals surface area contributed by atoms with Gasteiger partial charge in [0.05, 0.1) is 12.7 Å². The number of hydrogen-bond donors (Lipinski definition) is 1. The molecule has 1 heterocycles. The SMILES string of the molecule is COC(=O)c1cccc(-c2ccc(CCC(=O)C3CC34CCCCC4)c3c2CCN(C(=O)NC(C)(C)C)C3)c1. The number of ether oxygens (including phenoxy) is 1. The molecule has 3 aliphatic rings. The zero-order chi connectivity index (χ0) is 27.8. The minimum absolute atomic E-state index is 0.0644. The molecule has 2 amide bonds. The Balaban J connectivity index is 1.41. The summed E-state index contributed by atoms with van der Waals surface area (Å²) in [5.74, 6) is 0.309. The zero-order valence-electron chi connectivity index (χ0n) is 23.9. The van der Waals surface area contributed by atoms with E-state index in [1.54, 1.807) is 6.07 Å². The number of Topliss-reactive ketones (excluding diaryl/α,β-unsaturated/α-hetero) is 1. The predicted molar refractivity (Wildman–Crippen MR) is 153 cm³/mol. The monoisotopic (exact) mass is 530 g/mol. The van der Waals surface area contributed by atoms with E-state index in [9.17, 15) is 14.4 Å². The van der Waals surface area contributed by atoms with Crippen LogP contribution in [0.4, 0.5) is 4.79 Å². The maximum atomic E-state index is 13.2. The van der Waals surface area contributed by atoms with Crippen LogP contribution in [0.15, 0.2) is 36.4 Å². The van der Waals surface area contributed by atoms with Crippen molar-refractivity contribution in [2.75, 3.05) is 13.7 Å². The van der Waals surface area contributed by atoms with Crippen LogP contribution in [-0.4, -0.2) is 41.9 Å². The van der Waals surface area contributed by atoms with Crippen LogP contribution in [-0.2, 0) is 28.9 Å². The first-order valence-corrected chi connectivity index (χ1v) is 14.5. The number of carbonyl (C=O) groups excluding carboxylic acids is 3. The number of ketones is 1. The number of aryl methyl sites for hydroxylation is 1. The lowest BCUT2D eigenvalue weighted by atomic mass is 9.82. The number of nitrogens with one attached hydrogen (secondary N) is 1. The Hall–Kier alpha value is -3.15. The summed E-state index contributed by atoms with van der Waals surface area (Å²) in [5.41, 5.74) is 6.04. The van der Waals surface area contributed by atoms with Gasteiger partial charge in [-0.25, -0.2) is 9.59 Å². The maximum absolute atomic E-state index is 13.2. The molecule has 2 aromatic rings. The largest absolute Gasteiger partial charge is 0.465 e. The van der Waals surface area contributed by atoms with E-state index < -0.39 is 0 Å². The summed E-state index contributed by atoms with van der Waals surface area (Å²) in [6.45, 7) is 7.10. The fourth-order valence-electron chi connectivity index (χ4n) is 6.79. The number of methoxy groups -OCH3 is 1. The van der Waals surface area contributed by atoms with E-state index >= 15 is 0 Å². The number of nitrogens with zero attached hydrogens (tertiary/aromatic N) is 1. The van der Waals surface area contributed by atoms with Crippen LogP contribution in [0.2, 0.25) is 0 Å². The maximum Gasteiger partial charge on any atom is 0.337 e. The summed E-state index contributed by atoms with van der Waals surface area (Å²) in [5, 5.41) is 3.10. The van der Waals surface area contributed by atoms with Crippen LogP contribution in [0.3, 0.4) is 0 Å². The molecule has 6 heteroatoms. The van der Waals surface area contributed by atoms with Gasteiger partial charge in [0.2, 0.25) is 0 Å². The molecule has 1 spiro atoms. The van der Waals surface area contributed by atoms with Gasteiger partial charge in [0, 0.05) is 31.0 Å². The molecule has 2 fully saturated rings. The quantitative estimate of drug-likeness (QED) is 0.434. The molecule has 1 N–H and O–H groups in total. The number of rotatable bonds is 6. The van der Waals surface area contributed by atoms with Gasteiger partial charge in [-0.1, -0.05) is 43.5 Å². The van der Waals surface area contributed by atoms with Crippen LogP contribution in [0.5, 0.6) is 0 Å². The molecule has 39 heavy (non-hydrogen) atoms. The summed E-state index contributed by atoms with van der Waals surface area (Å²) < 4.78 is 4.94. The van der Waals surface area contributed by atoms with Crippen molar-refractivity contribution in [1.29, 1.82) is 0 Å². The lowest BCUT2D eigenvalue weighted by Crippen LogP contribution is -2.50. The number of hydrogen-bond acceptors (Lipinski definition) is 4. The fourth-order valence-corrected chi connectivity index (χ4v) is 6.79.